The Morgan fingerprint density at radius 3 is 2.73 bits per heavy atom. The highest BCUT2D eigenvalue weighted by Crippen LogP contribution is 2.25. The molecule has 1 aliphatic carbocycles. The van der Waals surface area contributed by atoms with Crippen LogP contribution in [0.5, 0.6) is 0 Å². The number of aryl methyl sites for hydroxylation is 2. The van der Waals surface area contributed by atoms with E-state index in [0.29, 0.717) is 25.3 Å². The average molecular weight is 406 g/mol. The maximum atomic E-state index is 12.3. The first-order valence-electron chi connectivity index (χ1n) is 10.8. The summed E-state index contributed by atoms with van der Waals surface area (Å²) in [7, 11) is 0. The fourth-order valence-corrected chi connectivity index (χ4v) is 4.62. The van der Waals surface area contributed by atoms with Crippen molar-refractivity contribution in [1.29, 1.82) is 5.26 Å². The van der Waals surface area contributed by atoms with Crippen LogP contribution in [0.25, 0.3) is 0 Å². The first kappa shape index (κ1) is 19.2. The average Bonchev–Trinajstić information content (AvgIpc) is 3.24. The lowest BCUT2D eigenvalue weighted by atomic mass is 10.1. The van der Waals surface area contributed by atoms with Crippen LogP contribution in [-0.2, 0) is 37.2 Å². The summed E-state index contributed by atoms with van der Waals surface area (Å²) in [4.78, 5) is 21.7. The first-order valence-corrected chi connectivity index (χ1v) is 10.8. The number of hydrogen-bond acceptors (Lipinski definition) is 7. The van der Waals surface area contributed by atoms with Gasteiger partial charge in [0, 0.05) is 50.8 Å². The summed E-state index contributed by atoms with van der Waals surface area (Å²) < 4.78 is 7.11. The molecular weight excluding hydrogens is 380 g/mol. The summed E-state index contributed by atoms with van der Waals surface area (Å²) >= 11 is 0. The van der Waals surface area contributed by atoms with E-state index in [-0.39, 0.29) is 5.56 Å². The monoisotopic (exact) mass is 406 g/mol. The molecule has 1 fully saturated rings. The lowest BCUT2D eigenvalue weighted by Gasteiger charge is -2.36. The van der Waals surface area contributed by atoms with Gasteiger partial charge in [-0.2, -0.15) is 10.4 Å². The molecule has 8 heteroatoms. The Morgan fingerprint density at radius 1 is 1.03 bits per heavy atom. The SMILES string of the molecule is N#Cc1cc2c(nc1N1CCN(CCn3nc4c(cc3=O)CCC4)CC1)CCOC2. The fourth-order valence-electron chi connectivity index (χ4n) is 4.62. The molecule has 5 rings (SSSR count). The van der Waals surface area contributed by atoms with Gasteiger partial charge in [-0.15, -0.1) is 0 Å². The number of rotatable bonds is 4. The predicted octanol–water partition coefficient (Wildman–Crippen LogP) is 0.894. The number of ether oxygens (including phenoxy) is 1. The first-order chi connectivity index (χ1) is 14.7. The number of nitriles is 1. The maximum Gasteiger partial charge on any atom is 0.267 e. The van der Waals surface area contributed by atoms with E-state index in [9.17, 15) is 10.1 Å². The predicted molar refractivity (Wildman–Crippen MR) is 111 cm³/mol. The van der Waals surface area contributed by atoms with Crippen LogP contribution in [0.4, 0.5) is 5.82 Å². The Hall–Kier alpha value is -2.76. The zero-order valence-corrected chi connectivity index (χ0v) is 17.1. The van der Waals surface area contributed by atoms with Gasteiger partial charge < -0.3 is 9.64 Å². The molecule has 2 aliphatic heterocycles. The van der Waals surface area contributed by atoms with Gasteiger partial charge in [0.05, 0.1) is 36.7 Å². The summed E-state index contributed by atoms with van der Waals surface area (Å²) in [6.07, 6.45) is 3.86. The lowest BCUT2D eigenvalue weighted by Crippen LogP contribution is -2.48. The Balaban J connectivity index is 1.22. The van der Waals surface area contributed by atoms with E-state index in [0.717, 1.165) is 86.7 Å². The van der Waals surface area contributed by atoms with Crippen molar-refractivity contribution in [2.24, 2.45) is 0 Å². The van der Waals surface area contributed by atoms with E-state index in [1.54, 1.807) is 10.7 Å². The van der Waals surface area contributed by atoms with Gasteiger partial charge in [-0.3, -0.25) is 9.69 Å². The van der Waals surface area contributed by atoms with Crippen LogP contribution in [0, 0.1) is 11.3 Å². The van der Waals surface area contributed by atoms with Crippen molar-refractivity contribution in [2.75, 3.05) is 44.2 Å². The topological polar surface area (TPSA) is 87.3 Å². The second-order valence-electron chi connectivity index (χ2n) is 8.24. The molecule has 0 N–H and O–H groups in total. The molecule has 4 heterocycles. The zero-order valence-electron chi connectivity index (χ0n) is 17.1. The van der Waals surface area contributed by atoms with E-state index >= 15 is 0 Å². The van der Waals surface area contributed by atoms with Gasteiger partial charge in [-0.1, -0.05) is 0 Å². The quantitative estimate of drug-likeness (QED) is 0.745. The second kappa shape index (κ2) is 8.17. The second-order valence-corrected chi connectivity index (χ2v) is 8.24. The maximum absolute atomic E-state index is 12.3. The molecule has 8 nitrogen and oxygen atoms in total. The number of fused-ring (bicyclic) bond motifs is 2. The number of piperazine rings is 1. The number of pyridine rings is 1. The van der Waals surface area contributed by atoms with Gasteiger partial charge in [0.15, 0.2) is 0 Å². The summed E-state index contributed by atoms with van der Waals surface area (Å²) in [6.45, 7) is 6.06. The van der Waals surface area contributed by atoms with E-state index in [4.69, 9.17) is 9.72 Å². The van der Waals surface area contributed by atoms with Crippen LogP contribution >= 0.6 is 0 Å². The third kappa shape index (κ3) is 3.71. The molecule has 0 bridgehead atoms. The number of aromatic nitrogens is 3. The Labute approximate surface area is 175 Å². The summed E-state index contributed by atoms with van der Waals surface area (Å²) in [5.74, 6) is 0.800. The molecule has 156 valence electrons. The Bertz CT molecular complexity index is 1050. The van der Waals surface area contributed by atoms with Gasteiger partial charge in [0.2, 0.25) is 0 Å². The Morgan fingerprint density at radius 2 is 1.90 bits per heavy atom. The standard InChI is InChI=1S/C22H26N6O2/c23-14-17-12-18-15-30-11-4-19(18)24-22(17)27-8-5-26(6-9-27)7-10-28-21(29)13-16-2-1-3-20(16)25-28/h12-13H,1-11,15H2. The molecule has 0 unspecified atom stereocenters. The third-order valence-electron chi connectivity index (χ3n) is 6.36. The largest absolute Gasteiger partial charge is 0.376 e. The minimum atomic E-state index is 0.00943. The number of anilines is 1. The molecular formula is C22H26N6O2. The molecule has 0 saturated carbocycles. The van der Waals surface area contributed by atoms with E-state index in [1.165, 1.54) is 0 Å². The van der Waals surface area contributed by atoms with Gasteiger partial charge >= 0.3 is 0 Å². The molecule has 0 amide bonds. The van der Waals surface area contributed by atoms with Gasteiger partial charge in [0.25, 0.3) is 5.56 Å². The van der Waals surface area contributed by atoms with Crippen LogP contribution in [0.3, 0.4) is 0 Å². The van der Waals surface area contributed by atoms with E-state index < -0.39 is 0 Å². The van der Waals surface area contributed by atoms with E-state index in [2.05, 4.69) is 21.0 Å². The number of nitrogens with zero attached hydrogens (tertiary/aromatic N) is 6. The van der Waals surface area contributed by atoms with E-state index in [1.807, 2.05) is 6.07 Å². The lowest BCUT2D eigenvalue weighted by molar-refractivity contribution is 0.109. The van der Waals surface area contributed by atoms with Gasteiger partial charge in [-0.05, 0) is 30.9 Å². The van der Waals surface area contributed by atoms with Crippen molar-refractivity contribution < 1.29 is 4.74 Å². The Kier molecular flexibility index (Phi) is 5.23. The minimum Gasteiger partial charge on any atom is -0.376 e. The van der Waals surface area contributed by atoms with Crippen LogP contribution in [0.15, 0.2) is 16.9 Å². The van der Waals surface area contributed by atoms with Crippen molar-refractivity contribution in [3.8, 4) is 6.07 Å². The highest BCUT2D eigenvalue weighted by Gasteiger charge is 2.23. The smallest absolute Gasteiger partial charge is 0.267 e. The molecule has 0 radical (unpaired) electrons. The minimum absolute atomic E-state index is 0.00943. The van der Waals surface area contributed by atoms with Gasteiger partial charge in [-0.25, -0.2) is 9.67 Å². The molecule has 30 heavy (non-hydrogen) atoms. The third-order valence-corrected chi connectivity index (χ3v) is 6.36. The van der Waals surface area contributed by atoms with Crippen LogP contribution in [-0.4, -0.2) is 59.0 Å². The van der Waals surface area contributed by atoms with Crippen molar-refractivity contribution in [3.63, 3.8) is 0 Å². The fraction of sp³-hybridized carbons (Fsp3) is 0.545. The highest BCUT2D eigenvalue weighted by molar-refractivity contribution is 5.56. The van der Waals surface area contributed by atoms with Crippen molar-refractivity contribution in [3.05, 3.63) is 50.6 Å². The molecule has 2 aromatic rings. The zero-order chi connectivity index (χ0) is 20.5. The highest BCUT2D eigenvalue weighted by atomic mass is 16.5. The summed E-state index contributed by atoms with van der Waals surface area (Å²) in [5.41, 5.74) is 4.94. The van der Waals surface area contributed by atoms with Crippen molar-refractivity contribution in [1.82, 2.24) is 19.7 Å². The van der Waals surface area contributed by atoms with Crippen molar-refractivity contribution >= 4 is 5.82 Å². The normalized spacial score (nSPS) is 18.7. The molecule has 3 aliphatic rings. The molecule has 2 aromatic heterocycles. The number of hydrogen-bond donors (Lipinski definition) is 0. The molecule has 0 aromatic carbocycles. The van der Waals surface area contributed by atoms with Crippen LogP contribution < -0.4 is 10.5 Å². The molecule has 0 spiro atoms. The summed E-state index contributed by atoms with van der Waals surface area (Å²) in [6, 6.07) is 6.01. The summed E-state index contributed by atoms with van der Waals surface area (Å²) in [5, 5.41) is 14.2. The van der Waals surface area contributed by atoms with Crippen molar-refractivity contribution in [2.45, 2.75) is 38.8 Å². The van der Waals surface area contributed by atoms with Gasteiger partial charge in [0.1, 0.15) is 11.9 Å². The molecule has 0 atom stereocenters. The van der Waals surface area contributed by atoms with Crippen LogP contribution in [0.2, 0.25) is 0 Å². The van der Waals surface area contributed by atoms with Crippen LogP contribution in [0.1, 0.15) is 34.5 Å². The molecule has 1 saturated heterocycles.